The average molecular weight is 335 g/mol. The van der Waals surface area contributed by atoms with E-state index in [1.165, 1.54) is 25.3 Å². The molecule has 1 atom stereocenters. The smallest absolute Gasteiger partial charge is 0.326 e. The van der Waals surface area contributed by atoms with Crippen molar-refractivity contribution in [3.05, 3.63) is 23.2 Å². The molecule has 1 saturated heterocycles. The second-order valence-electron chi connectivity index (χ2n) is 4.41. The molecule has 0 amide bonds. The number of hydrogen-bond donors (Lipinski definition) is 1. The second-order valence-corrected chi connectivity index (χ2v) is 6.71. The second kappa shape index (κ2) is 6.18. The van der Waals surface area contributed by atoms with E-state index in [0.29, 0.717) is 0 Å². The molecule has 116 valence electrons. The van der Waals surface area contributed by atoms with E-state index in [4.69, 9.17) is 22.1 Å². The van der Waals surface area contributed by atoms with Crippen molar-refractivity contribution in [2.45, 2.75) is 10.9 Å². The molecule has 21 heavy (non-hydrogen) atoms. The SMILES string of the molecule is COC(=O)C1COCCN1S(=O)(=O)c1ccc(Cl)c(N)c1. The summed E-state index contributed by atoms with van der Waals surface area (Å²) in [5, 5.41) is 0.264. The highest BCUT2D eigenvalue weighted by Gasteiger charge is 2.39. The van der Waals surface area contributed by atoms with E-state index in [-0.39, 0.29) is 35.4 Å². The highest BCUT2D eigenvalue weighted by molar-refractivity contribution is 7.89. The summed E-state index contributed by atoms with van der Waals surface area (Å²) in [7, 11) is -2.70. The molecule has 0 saturated carbocycles. The number of nitrogens with zero attached hydrogens (tertiary/aromatic N) is 1. The molecule has 0 radical (unpaired) electrons. The Morgan fingerprint density at radius 3 is 2.86 bits per heavy atom. The number of ether oxygens (including phenoxy) is 2. The Balaban J connectivity index is 2.40. The molecule has 1 heterocycles. The van der Waals surface area contributed by atoms with Crippen molar-refractivity contribution >= 4 is 33.3 Å². The molecular formula is C12H15ClN2O5S. The third-order valence-electron chi connectivity index (χ3n) is 3.13. The highest BCUT2D eigenvalue weighted by Crippen LogP contribution is 2.26. The molecule has 0 aliphatic carbocycles. The number of hydrogen-bond acceptors (Lipinski definition) is 6. The topological polar surface area (TPSA) is 98.9 Å². The zero-order chi connectivity index (χ0) is 15.6. The number of sulfonamides is 1. The number of carbonyl (C=O) groups is 1. The van der Waals surface area contributed by atoms with Crippen LogP contribution in [0.4, 0.5) is 5.69 Å². The van der Waals surface area contributed by atoms with Gasteiger partial charge >= 0.3 is 5.97 Å². The van der Waals surface area contributed by atoms with Crippen LogP contribution >= 0.6 is 11.6 Å². The van der Waals surface area contributed by atoms with Crippen molar-refractivity contribution in [1.82, 2.24) is 4.31 Å². The van der Waals surface area contributed by atoms with Crippen LogP contribution < -0.4 is 5.73 Å². The Morgan fingerprint density at radius 1 is 1.52 bits per heavy atom. The number of nitrogens with two attached hydrogens (primary N) is 1. The van der Waals surface area contributed by atoms with Crippen LogP contribution in [0.2, 0.25) is 5.02 Å². The van der Waals surface area contributed by atoms with Gasteiger partial charge in [-0.15, -0.1) is 0 Å². The molecule has 0 bridgehead atoms. The number of morpholine rings is 1. The van der Waals surface area contributed by atoms with Gasteiger partial charge in [-0.1, -0.05) is 11.6 Å². The minimum absolute atomic E-state index is 0.0276. The standard InChI is InChI=1S/C12H15ClN2O5S/c1-19-12(16)11-7-20-5-4-15(11)21(17,18)8-2-3-9(13)10(14)6-8/h2-3,6,11H,4-5,7,14H2,1H3. The monoisotopic (exact) mass is 334 g/mol. The average Bonchev–Trinajstić information content (AvgIpc) is 2.49. The molecule has 1 aliphatic rings. The molecule has 1 unspecified atom stereocenters. The number of methoxy groups -OCH3 is 1. The van der Waals surface area contributed by atoms with E-state index < -0.39 is 22.0 Å². The van der Waals surface area contributed by atoms with E-state index in [2.05, 4.69) is 4.74 Å². The number of halogens is 1. The summed E-state index contributed by atoms with van der Waals surface area (Å²) in [4.78, 5) is 11.7. The van der Waals surface area contributed by atoms with Crippen LogP contribution in [0.25, 0.3) is 0 Å². The summed E-state index contributed by atoms with van der Waals surface area (Å²) in [5.41, 5.74) is 5.79. The van der Waals surface area contributed by atoms with Crippen LogP contribution in [0.3, 0.4) is 0 Å². The highest BCUT2D eigenvalue weighted by atomic mass is 35.5. The maximum absolute atomic E-state index is 12.6. The molecular weight excluding hydrogens is 320 g/mol. The van der Waals surface area contributed by atoms with Crippen LogP contribution in [-0.2, 0) is 24.3 Å². The van der Waals surface area contributed by atoms with Crippen molar-refractivity contribution in [1.29, 1.82) is 0 Å². The predicted molar refractivity (Wildman–Crippen MR) is 76.4 cm³/mol. The van der Waals surface area contributed by atoms with Gasteiger partial charge < -0.3 is 15.2 Å². The summed E-state index contributed by atoms with van der Waals surface area (Å²) >= 11 is 5.79. The van der Waals surface area contributed by atoms with Crippen LogP contribution in [-0.4, -0.2) is 51.6 Å². The first-order chi connectivity index (χ1) is 9.87. The van der Waals surface area contributed by atoms with Crippen LogP contribution in [0.15, 0.2) is 23.1 Å². The lowest BCUT2D eigenvalue weighted by atomic mass is 10.3. The van der Waals surface area contributed by atoms with Gasteiger partial charge in [0.15, 0.2) is 0 Å². The number of esters is 1. The molecule has 1 aliphatic heterocycles. The minimum atomic E-state index is -3.89. The number of carbonyl (C=O) groups excluding carboxylic acids is 1. The van der Waals surface area contributed by atoms with E-state index in [0.717, 1.165) is 4.31 Å². The van der Waals surface area contributed by atoms with E-state index >= 15 is 0 Å². The molecule has 0 aromatic heterocycles. The lowest BCUT2D eigenvalue weighted by molar-refractivity contribution is -0.149. The summed E-state index contributed by atoms with van der Waals surface area (Å²) in [6.45, 7) is 0.218. The van der Waals surface area contributed by atoms with Gasteiger partial charge in [-0.3, -0.25) is 4.79 Å². The van der Waals surface area contributed by atoms with Crippen LogP contribution in [0.5, 0.6) is 0 Å². The fraction of sp³-hybridized carbons (Fsp3) is 0.417. The summed E-state index contributed by atoms with van der Waals surface area (Å²) in [6, 6.07) is 3.00. The van der Waals surface area contributed by atoms with Gasteiger partial charge in [0.1, 0.15) is 6.04 Å². The fourth-order valence-electron chi connectivity index (χ4n) is 2.02. The van der Waals surface area contributed by atoms with Gasteiger partial charge in [-0.25, -0.2) is 8.42 Å². The number of benzene rings is 1. The van der Waals surface area contributed by atoms with Crippen molar-refractivity contribution in [3.8, 4) is 0 Å². The zero-order valence-electron chi connectivity index (χ0n) is 11.3. The largest absolute Gasteiger partial charge is 0.468 e. The Kier molecular flexibility index (Phi) is 4.72. The summed E-state index contributed by atoms with van der Waals surface area (Å²) in [5.74, 6) is -0.666. The first kappa shape index (κ1) is 16.0. The Morgan fingerprint density at radius 2 is 2.24 bits per heavy atom. The molecule has 1 fully saturated rings. The molecule has 1 aromatic carbocycles. The van der Waals surface area contributed by atoms with Gasteiger partial charge in [-0.2, -0.15) is 4.31 Å². The van der Waals surface area contributed by atoms with E-state index in [1.807, 2.05) is 0 Å². The van der Waals surface area contributed by atoms with Gasteiger partial charge in [0.25, 0.3) is 0 Å². The number of nitrogen functional groups attached to an aromatic ring is 1. The molecule has 0 spiro atoms. The lowest BCUT2D eigenvalue weighted by Crippen LogP contribution is -2.52. The fourth-order valence-corrected chi connectivity index (χ4v) is 3.72. The number of rotatable bonds is 3. The first-order valence-corrected chi connectivity index (χ1v) is 7.92. The maximum Gasteiger partial charge on any atom is 0.326 e. The van der Waals surface area contributed by atoms with E-state index in [9.17, 15) is 13.2 Å². The van der Waals surface area contributed by atoms with Crippen LogP contribution in [0, 0.1) is 0 Å². The maximum atomic E-state index is 12.6. The van der Waals surface area contributed by atoms with Crippen LogP contribution in [0.1, 0.15) is 0 Å². The molecule has 9 heteroatoms. The van der Waals surface area contributed by atoms with E-state index in [1.54, 1.807) is 0 Å². The summed E-state index contributed by atoms with van der Waals surface area (Å²) < 4.78 is 36.1. The third kappa shape index (κ3) is 3.13. The van der Waals surface area contributed by atoms with Crippen molar-refractivity contribution < 1.29 is 22.7 Å². The van der Waals surface area contributed by atoms with Gasteiger partial charge in [-0.05, 0) is 18.2 Å². The summed E-state index contributed by atoms with van der Waals surface area (Å²) in [6.07, 6.45) is 0. The Labute approximate surface area is 127 Å². The molecule has 1 aromatic rings. The third-order valence-corrected chi connectivity index (χ3v) is 5.38. The normalized spacial score (nSPS) is 20.2. The Bertz CT molecular complexity index is 649. The predicted octanol–water partition coefficient (Wildman–Crippen LogP) is 0.485. The molecule has 2 rings (SSSR count). The van der Waals surface area contributed by atoms with Crippen molar-refractivity contribution in [2.75, 3.05) is 32.6 Å². The van der Waals surface area contributed by atoms with Gasteiger partial charge in [0.05, 0.1) is 35.9 Å². The Hall–Kier alpha value is -1.35. The van der Waals surface area contributed by atoms with Crippen molar-refractivity contribution in [3.63, 3.8) is 0 Å². The lowest BCUT2D eigenvalue weighted by Gasteiger charge is -2.32. The zero-order valence-corrected chi connectivity index (χ0v) is 12.9. The van der Waals surface area contributed by atoms with Gasteiger partial charge in [0, 0.05) is 6.54 Å². The minimum Gasteiger partial charge on any atom is -0.468 e. The quantitative estimate of drug-likeness (QED) is 0.638. The van der Waals surface area contributed by atoms with Gasteiger partial charge in [0.2, 0.25) is 10.0 Å². The number of anilines is 1. The first-order valence-electron chi connectivity index (χ1n) is 6.10. The van der Waals surface area contributed by atoms with Crippen molar-refractivity contribution in [2.24, 2.45) is 0 Å². The molecule has 7 nitrogen and oxygen atoms in total. The molecule has 2 N–H and O–H groups in total.